The molecule has 0 atom stereocenters. The number of pyridine rings is 1. The van der Waals surface area contributed by atoms with E-state index in [1.54, 1.807) is 30.3 Å². The van der Waals surface area contributed by atoms with E-state index < -0.39 is 18.5 Å². The Morgan fingerprint density at radius 3 is 2.52 bits per heavy atom. The molecular weight excluding hydrogens is 315 g/mol. The van der Waals surface area contributed by atoms with Crippen molar-refractivity contribution in [1.82, 2.24) is 4.98 Å². The van der Waals surface area contributed by atoms with Gasteiger partial charge in [-0.2, -0.15) is 0 Å². The largest absolute Gasteiger partial charge is 0.452 e. The molecule has 0 saturated carbocycles. The van der Waals surface area contributed by atoms with Gasteiger partial charge in [0.15, 0.2) is 6.61 Å². The summed E-state index contributed by atoms with van der Waals surface area (Å²) in [5.41, 5.74) is 0.665. The molecule has 1 amide bonds. The van der Waals surface area contributed by atoms with Crippen LogP contribution in [0.4, 0.5) is 5.69 Å². The lowest BCUT2D eigenvalue weighted by Crippen LogP contribution is -2.21. The number of nitrogens with one attached hydrogen (secondary N) is 1. The third-order valence-corrected chi connectivity index (χ3v) is 2.99. The number of hydrogen-bond acceptors (Lipinski definition) is 4. The highest BCUT2D eigenvalue weighted by Crippen LogP contribution is 2.14. The zero-order valence-electron chi connectivity index (χ0n) is 10.7. The fraction of sp³-hybridized carbons (Fsp3) is 0.0714. The molecule has 2 rings (SSSR count). The summed E-state index contributed by atoms with van der Waals surface area (Å²) >= 11 is 11.5. The van der Waals surface area contributed by atoms with E-state index in [9.17, 15) is 9.59 Å². The number of hydrogen-bond donors (Lipinski definition) is 1. The van der Waals surface area contributed by atoms with Crippen molar-refractivity contribution in [1.29, 1.82) is 0 Å². The Labute approximate surface area is 130 Å². The molecule has 0 aliphatic heterocycles. The molecule has 0 saturated heterocycles. The molecule has 21 heavy (non-hydrogen) atoms. The summed E-state index contributed by atoms with van der Waals surface area (Å²) in [5, 5.41) is 3.16. The molecule has 108 valence electrons. The number of nitrogens with zero attached hydrogens (tertiary/aromatic N) is 1. The van der Waals surface area contributed by atoms with Crippen molar-refractivity contribution >= 4 is 40.8 Å². The Kier molecular flexibility index (Phi) is 5.14. The van der Waals surface area contributed by atoms with Crippen LogP contribution in [0.3, 0.4) is 0 Å². The summed E-state index contributed by atoms with van der Waals surface area (Å²) in [4.78, 5) is 27.1. The van der Waals surface area contributed by atoms with E-state index in [1.165, 1.54) is 12.3 Å². The highest BCUT2D eigenvalue weighted by molar-refractivity contribution is 6.32. The predicted molar refractivity (Wildman–Crippen MR) is 79.6 cm³/mol. The molecule has 1 aromatic carbocycles. The second-order valence-corrected chi connectivity index (χ2v) is 4.77. The number of esters is 1. The van der Waals surface area contributed by atoms with E-state index >= 15 is 0 Å². The number of carbonyl (C=O) groups excluding carboxylic acids is 2. The predicted octanol–water partition coefficient (Wildman–Crippen LogP) is 3.18. The van der Waals surface area contributed by atoms with Gasteiger partial charge in [0.2, 0.25) is 0 Å². The van der Waals surface area contributed by atoms with Gasteiger partial charge in [-0.15, -0.1) is 0 Å². The Morgan fingerprint density at radius 2 is 1.86 bits per heavy atom. The zero-order chi connectivity index (χ0) is 15.2. The van der Waals surface area contributed by atoms with Crippen molar-refractivity contribution in [3.05, 3.63) is 58.3 Å². The van der Waals surface area contributed by atoms with E-state index in [0.29, 0.717) is 10.7 Å². The quantitative estimate of drug-likeness (QED) is 0.692. The van der Waals surface area contributed by atoms with Gasteiger partial charge in [0.05, 0.1) is 5.56 Å². The maximum absolute atomic E-state index is 11.7. The second-order valence-electron chi connectivity index (χ2n) is 3.97. The summed E-state index contributed by atoms with van der Waals surface area (Å²) in [6.07, 6.45) is 1.45. The first-order valence-corrected chi connectivity index (χ1v) is 6.65. The first-order valence-electron chi connectivity index (χ1n) is 5.89. The summed E-state index contributed by atoms with van der Waals surface area (Å²) in [6, 6.07) is 9.57. The van der Waals surface area contributed by atoms with Gasteiger partial charge in [-0.3, -0.25) is 4.79 Å². The third-order valence-electron chi connectivity index (χ3n) is 2.44. The van der Waals surface area contributed by atoms with Crippen molar-refractivity contribution < 1.29 is 14.3 Å². The Bertz CT molecular complexity index is 660. The summed E-state index contributed by atoms with van der Waals surface area (Å²) in [6.45, 7) is -0.424. The average molecular weight is 325 g/mol. The number of aromatic nitrogens is 1. The van der Waals surface area contributed by atoms with Gasteiger partial charge in [-0.1, -0.05) is 23.2 Å². The molecule has 0 radical (unpaired) electrons. The smallest absolute Gasteiger partial charge is 0.341 e. The van der Waals surface area contributed by atoms with E-state index in [1.807, 2.05) is 0 Å². The van der Waals surface area contributed by atoms with Crippen LogP contribution in [-0.2, 0) is 9.53 Å². The van der Waals surface area contributed by atoms with E-state index in [-0.39, 0.29) is 10.7 Å². The van der Waals surface area contributed by atoms with Gasteiger partial charge in [0, 0.05) is 16.9 Å². The molecule has 0 spiro atoms. The molecule has 1 N–H and O–H groups in total. The molecule has 0 fully saturated rings. The normalized spacial score (nSPS) is 10.0. The number of anilines is 1. The summed E-state index contributed by atoms with van der Waals surface area (Å²) < 4.78 is 4.87. The van der Waals surface area contributed by atoms with Crippen LogP contribution in [0.5, 0.6) is 0 Å². The van der Waals surface area contributed by atoms with Gasteiger partial charge >= 0.3 is 5.97 Å². The Hall–Kier alpha value is -2.11. The summed E-state index contributed by atoms with van der Waals surface area (Å²) in [7, 11) is 0. The second kappa shape index (κ2) is 7.06. The van der Waals surface area contributed by atoms with Crippen molar-refractivity contribution in [3.8, 4) is 0 Å². The molecule has 0 unspecified atom stereocenters. The number of ether oxygens (including phenoxy) is 1. The molecule has 5 nitrogen and oxygen atoms in total. The molecule has 0 bridgehead atoms. The number of carbonyl (C=O) groups is 2. The van der Waals surface area contributed by atoms with Crippen LogP contribution in [0.25, 0.3) is 0 Å². The number of halogens is 2. The maximum Gasteiger partial charge on any atom is 0.341 e. The molecule has 0 aliphatic rings. The Morgan fingerprint density at radius 1 is 1.14 bits per heavy atom. The van der Waals surface area contributed by atoms with E-state index in [4.69, 9.17) is 27.9 Å². The standard InChI is InChI=1S/C14H10Cl2N2O3/c15-9-3-5-10(6-4-9)18-12(19)8-21-14(20)11-2-1-7-17-13(11)16/h1-7H,8H2,(H,18,19). The lowest BCUT2D eigenvalue weighted by Gasteiger charge is -2.07. The number of benzene rings is 1. The van der Waals surface area contributed by atoms with Crippen molar-refractivity contribution in [2.24, 2.45) is 0 Å². The Balaban J connectivity index is 1.88. The summed E-state index contributed by atoms with van der Waals surface area (Å²) in [5.74, 6) is -1.18. The highest BCUT2D eigenvalue weighted by Gasteiger charge is 2.14. The third kappa shape index (κ3) is 4.44. The van der Waals surface area contributed by atoms with Crippen LogP contribution >= 0.6 is 23.2 Å². The lowest BCUT2D eigenvalue weighted by molar-refractivity contribution is -0.119. The van der Waals surface area contributed by atoms with Crippen LogP contribution in [0.2, 0.25) is 10.2 Å². The van der Waals surface area contributed by atoms with Gasteiger partial charge < -0.3 is 10.1 Å². The fourth-order valence-corrected chi connectivity index (χ4v) is 1.80. The monoisotopic (exact) mass is 324 g/mol. The van der Waals surface area contributed by atoms with Crippen molar-refractivity contribution in [3.63, 3.8) is 0 Å². The maximum atomic E-state index is 11.7. The number of amides is 1. The topological polar surface area (TPSA) is 68.3 Å². The van der Waals surface area contributed by atoms with Crippen LogP contribution in [-0.4, -0.2) is 23.5 Å². The van der Waals surface area contributed by atoms with Gasteiger partial charge in [-0.25, -0.2) is 9.78 Å². The SMILES string of the molecule is O=C(COC(=O)c1cccnc1Cl)Nc1ccc(Cl)cc1. The van der Waals surface area contributed by atoms with E-state index in [2.05, 4.69) is 10.3 Å². The molecule has 0 aliphatic carbocycles. The number of rotatable bonds is 4. The molecule has 1 heterocycles. The van der Waals surface area contributed by atoms with Crippen LogP contribution in [0, 0.1) is 0 Å². The fourth-order valence-electron chi connectivity index (χ4n) is 1.48. The van der Waals surface area contributed by atoms with Crippen LogP contribution < -0.4 is 5.32 Å². The highest BCUT2D eigenvalue weighted by atomic mass is 35.5. The molecule has 7 heteroatoms. The van der Waals surface area contributed by atoms with Crippen LogP contribution in [0.15, 0.2) is 42.6 Å². The average Bonchev–Trinajstić information content (AvgIpc) is 2.48. The van der Waals surface area contributed by atoms with E-state index in [0.717, 1.165) is 0 Å². The van der Waals surface area contributed by atoms with Gasteiger partial charge in [0.1, 0.15) is 5.15 Å². The molecule has 2 aromatic rings. The zero-order valence-corrected chi connectivity index (χ0v) is 12.2. The molecular formula is C14H10Cl2N2O3. The first-order chi connectivity index (χ1) is 10.1. The van der Waals surface area contributed by atoms with Gasteiger partial charge in [-0.05, 0) is 36.4 Å². The minimum Gasteiger partial charge on any atom is -0.452 e. The minimum atomic E-state index is -0.709. The van der Waals surface area contributed by atoms with Gasteiger partial charge in [0.25, 0.3) is 5.91 Å². The minimum absolute atomic E-state index is 0.0283. The van der Waals surface area contributed by atoms with Crippen molar-refractivity contribution in [2.45, 2.75) is 0 Å². The first kappa shape index (κ1) is 15.3. The van der Waals surface area contributed by atoms with Crippen molar-refractivity contribution in [2.75, 3.05) is 11.9 Å². The van der Waals surface area contributed by atoms with Crippen LogP contribution in [0.1, 0.15) is 10.4 Å². The molecule has 1 aromatic heterocycles. The lowest BCUT2D eigenvalue weighted by atomic mass is 10.3.